The van der Waals surface area contributed by atoms with Crippen molar-refractivity contribution < 1.29 is 9.59 Å². The molecule has 0 aromatic heterocycles. The fraction of sp³-hybridized carbons (Fsp3) is 0. The zero-order chi connectivity index (χ0) is 18.0. The van der Waals surface area contributed by atoms with Crippen molar-refractivity contribution in [2.75, 3.05) is 0 Å². The van der Waals surface area contributed by atoms with E-state index in [0.29, 0.717) is 21.2 Å². The summed E-state index contributed by atoms with van der Waals surface area (Å²) in [5.74, 6) is -0.629. The molecule has 3 aromatic carbocycles. The van der Waals surface area contributed by atoms with Crippen molar-refractivity contribution >= 4 is 46.4 Å². The predicted octanol–water partition coefficient (Wildman–Crippen LogP) is 6.11. The highest BCUT2D eigenvalue weighted by Gasteiger charge is 2.22. The van der Waals surface area contributed by atoms with Crippen LogP contribution in [0.4, 0.5) is 0 Å². The van der Waals surface area contributed by atoms with Crippen LogP contribution in [0.25, 0.3) is 0 Å². The molecule has 0 aliphatic heterocycles. The summed E-state index contributed by atoms with van der Waals surface area (Å²) in [5, 5.41) is 1.27. The number of hydrogen-bond acceptors (Lipinski definition) is 2. The maximum Gasteiger partial charge on any atom is 0.195 e. The highest BCUT2D eigenvalue weighted by atomic mass is 35.5. The van der Waals surface area contributed by atoms with Gasteiger partial charge in [0.15, 0.2) is 11.6 Å². The Labute approximate surface area is 160 Å². The first-order chi connectivity index (χ1) is 12.0. The SMILES string of the molecule is O=C(c1ccc(Cl)cc1)c1cccc(Cl)c1C(=O)c1ccc(Cl)cc1. The number of rotatable bonds is 4. The van der Waals surface area contributed by atoms with Crippen molar-refractivity contribution in [3.05, 3.63) is 104 Å². The minimum atomic E-state index is -0.334. The van der Waals surface area contributed by atoms with Crippen LogP contribution in [-0.2, 0) is 0 Å². The van der Waals surface area contributed by atoms with Crippen molar-refractivity contribution in [2.24, 2.45) is 0 Å². The van der Waals surface area contributed by atoms with Gasteiger partial charge in [0.25, 0.3) is 0 Å². The molecule has 0 aliphatic carbocycles. The molecule has 3 rings (SSSR count). The Morgan fingerprint density at radius 1 is 0.600 bits per heavy atom. The third-order valence-corrected chi connectivity index (χ3v) is 4.52. The minimum absolute atomic E-state index is 0.173. The van der Waals surface area contributed by atoms with E-state index in [1.807, 2.05) is 0 Å². The first-order valence-electron chi connectivity index (χ1n) is 7.36. The third-order valence-electron chi connectivity index (χ3n) is 3.70. The van der Waals surface area contributed by atoms with Gasteiger partial charge in [-0.2, -0.15) is 0 Å². The fourth-order valence-corrected chi connectivity index (χ4v) is 2.96. The smallest absolute Gasteiger partial charge is 0.195 e. The molecule has 0 unspecified atom stereocenters. The van der Waals surface area contributed by atoms with Crippen molar-refractivity contribution in [3.63, 3.8) is 0 Å². The number of carbonyl (C=O) groups is 2. The summed E-state index contributed by atoms with van der Waals surface area (Å²) in [6, 6.07) is 17.7. The molecule has 0 amide bonds. The van der Waals surface area contributed by atoms with E-state index >= 15 is 0 Å². The lowest BCUT2D eigenvalue weighted by Gasteiger charge is -2.10. The van der Waals surface area contributed by atoms with Gasteiger partial charge in [-0.15, -0.1) is 0 Å². The summed E-state index contributed by atoms with van der Waals surface area (Å²) < 4.78 is 0. The molecule has 5 heteroatoms. The van der Waals surface area contributed by atoms with Gasteiger partial charge in [-0.25, -0.2) is 0 Å². The van der Waals surface area contributed by atoms with Crippen LogP contribution >= 0.6 is 34.8 Å². The van der Waals surface area contributed by atoms with Gasteiger partial charge in [-0.05, 0) is 54.6 Å². The highest BCUT2D eigenvalue weighted by Crippen LogP contribution is 2.26. The number of benzene rings is 3. The molecule has 0 fully saturated rings. The zero-order valence-electron chi connectivity index (χ0n) is 12.8. The topological polar surface area (TPSA) is 34.1 Å². The average Bonchev–Trinajstić information content (AvgIpc) is 2.61. The van der Waals surface area contributed by atoms with Crippen LogP contribution < -0.4 is 0 Å². The van der Waals surface area contributed by atoms with Crippen LogP contribution in [-0.4, -0.2) is 11.6 Å². The second-order valence-corrected chi connectivity index (χ2v) is 6.61. The van der Waals surface area contributed by atoms with Gasteiger partial charge in [-0.3, -0.25) is 9.59 Å². The Balaban J connectivity index is 2.08. The van der Waals surface area contributed by atoms with E-state index in [4.69, 9.17) is 34.8 Å². The van der Waals surface area contributed by atoms with E-state index < -0.39 is 0 Å². The van der Waals surface area contributed by atoms with Gasteiger partial charge in [0.1, 0.15) is 0 Å². The van der Waals surface area contributed by atoms with Crippen molar-refractivity contribution in [2.45, 2.75) is 0 Å². The summed E-state index contributed by atoms with van der Waals surface area (Å²) in [7, 11) is 0. The number of ketones is 2. The molecule has 0 saturated carbocycles. The van der Waals surface area contributed by atoms with Crippen LogP contribution in [0.5, 0.6) is 0 Å². The molecule has 2 nitrogen and oxygen atoms in total. The Morgan fingerprint density at radius 3 is 1.60 bits per heavy atom. The Bertz CT molecular complexity index is 946. The van der Waals surface area contributed by atoms with Crippen LogP contribution in [0.3, 0.4) is 0 Å². The van der Waals surface area contributed by atoms with E-state index in [-0.39, 0.29) is 27.7 Å². The van der Waals surface area contributed by atoms with E-state index in [0.717, 1.165) is 0 Å². The zero-order valence-corrected chi connectivity index (χ0v) is 15.1. The van der Waals surface area contributed by atoms with E-state index in [1.54, 1.807) is 66.7 Å². The molecule has 0 radical (unpaired) electrons. The summed E-state index contributed by atoms with van der Waals surface area (Å²) in [6.07, 6.45) is 0. The Morgan fingerprint density at radius 2 is 1.08 bits per heavy atom. The van der Waals surface area contributed by atoms with Crippen LogP contribution in [0.2, 0.25) is 15.1 Å². The quantitative estimate of drug-likeness (QED) is 0.505. The lowest BCUT2D eigenvalue weighted by atomic mass is 9.93. The lowest BCUT2D eigenvalue weighted by Crippen LogP contribution is -2.12. The van der Waals surface area contributed by atoms with Gasteiger partial charge in [0.05, 0.1) is 10.6 Å². The summed E-state index contributed by atoms with van der Waals surface area (Å²) >= 11 is 18.0. The maximum absolute atomic E-state index is 12.9. The molecule has 0 atom stereocenters. The molecule has 0 aliphatic rings. The highest BCUT2D eigenvalue weighted by molar-refractivity contribution is 6.37. The normalized spacial score (nSPS) is 10.5. The number of hydrogen-bond donors (Lipinski definition) is 0. The third kappa shape index (κ3) is 3.77. The van der Waals surface area contributed by atoms with Gasteiger partial charge >= 0.3 is 0 Å². The molecule has 3 aromatic rings. The predicted molar refractivity (Wildman–Crippen MR) is 101 cm³/mol. The molecule has 0 saturated heterocycles. The largest absolute Gasteiger partial charge is 0.289 e. The first kappa shape index (κ1) is 17.7. The van der Waals surface area contributed by atoms with Crippen molar-refractivity contribution in [3.8, 4) is 0 Å². The monoisotopic (exact) mass is 388 g/mol. The Kier molecular flexibility index (Phi) is 5.24. The molecule has 124 valence electrons. The summed E-state index contributed by atoms with van der Waals surface area (Å²) in [4.78, 5) is 25.7. The molecular weight excluding hydrogens is 379 g/mol. The summed E-state index contributed by atoms with van der Waals surface area (Å²) in [6.45, 7) is 0. The molecule has 0 bridgehead atoms. The summed E-state index contributed by atoms with van der Waals surface area (Å²) in [5.41, 5.74) is 1.25. The van der Waals surface area contributed by atoms with Crippen molar-refractivity contribution in [1.29, 1.82) is 0 Å². The first-order valence-corrected chi connectivity index (χ1v) is 8.50. The van der Waals surface area contributed by atoms with Gasteiger partial charge in [0.2, 0.25) is 0 Å². The van der Waals surface area contributed by atoms with Crippen LogP contribution in [0, 0.1) is 0 Å². The molecule has 0 heterocycles. The second-order valence-electron chi connectivity index (χ2n) is 5.33. The fourth-order valence-electron chi connectivity index (χ4n) is 2.45. The standard InChI is InChI=1S/C20H11Cl3O2/c21-14-8-4-12(5-9-14)19(24)16-2-1-3-17(23)18(16)20(25)13-6-10-15(22)11-7-13/h1-11H. The van der Waals surface area contributed by atoms with E-state index in [2.05, 4.69) is 0 Å². The van der Waals surface area contributed by atoms with Crippen molar-refractivity contribution in [1.82, 2.24) is 0 Å². The molecule has 0 spiro atoms. The molecular formula is C20H11Cl3O2. The van der Waals surface area contributed by atoms with E-state index in [9.17, 15) is 9.59 Å². The minimum Gasteiger partial charge on any atom is -0.289 e. The van der Waals surface area contributed by atoms with Gasteiger partial charge < -0.3 is 0 Å². The second kappa shape index (κ2) is 7.40. The van der Waals surface area contributed by atoms with Crippen LogP contribution in [0.15, 0.2) is 66.7 Å². The molecule has 25 heavy (non-hydrogen) atoms. The van der Waals surface area contributed by atoms with Gasteiger partial charge in [-0.1, -0.05) is 46.9 Å². The number of carbonyl (C=O) groups excluding carboxylic acids is 2. The van der Waals surface area contributed by atoms with E-state index in [1.165, 1.54) is 0 Å². The van der Waals surface area contributed by atoms with Gasteiger partial charge in [0, 0.05) is 26.7 Å². The number of halogens is 3. The Hall–Kier alpha value is -2.13. The average molecular weight is 390 g/mol. The van der Waals surface area contributed by atoms with Crippen LogP contribution in [0.1, 0.15) is 31.8 Å². The lowest BCUT2D eigenvalue weighted by molar-refractivity contribution is 0.100. The molecule has 0 N–H and O–H groups in total. The maximum atomic E-state index is 12.9.